The first kappa shape index (κ1) is 19.3. The van der Waals surface area contributed by atoms with Crippen molar-refractivity contribution in [1.29, 1.82) is 0 Å². The van der Waals surface area contributed by atoms with Crippen LogP contribution in [-0.4, -0.2) is 36.8 Å². The molecule has 1 aliphatic heterocycles. The number of hydrogen-bond donors (Lipinski definition) is 1. The molecule has 0 spiro atoms. The van der Waals surface area contributed by atoms with Crippen LogP contribution in [0.5, 0.6) is 11.5 Å². The van der Waals surface area contributed by atoms with E-state index in [1.165, 1.54) is 11.8 Å². The predicted molar refractivity (Wildman–Crippen MR) is 109 cm³/mol. The van der Waals surface area contributed by atoms with E-state index in [0.717, 1.165) is 11.1 Å². The van der Waals surface area contributed by atoms with E-state index in [4.69, 9.17) is 21.1 Å². The van der Waals surface area contributed by atoms with E-state index < -0.39 is 0 Å². The van der Waals surface area contributed by atoms with Gasteiger partial charge in [0.2, 0.25) is 5.91 Å². The maximum atomic E-state index is 12.1. The van der Waals surface area contributed by atoms with Gasteiger partial charge in [-0.1, -0.05) is 35.5 Å². The van der Waals surface area contributed by atoms with Gasteiger partial charge in [-0.25, -0.2) is 0 Å². The van der Waals surface area contributed by atoms with Crippen LogP contribution < -0.4 is 14.8 Å². The third-order valence-corrected chi connectivity index (χ3v) is 5.20. The molecule has 0 saturated carbocycles. The number of hydrogen-bond acceptors (Lipinski definition) is 6. The Bertz CT molecular complexity index is 884. The van der Waals surface area contributed by atoms with Crippen LogP contribution in [0, 0.1) is 0 Å². The minimum atomic E-state index is -0.235. The average Bonchev–Trinajstić information content (AvgIpc) is 3.02. The molecule has 2 aromatic rings. The summed E-state index contributed by atoms with van der Waals surface area (Å²) in [4.78, 5) is 12.1. The van der Waals surface area contributed by atoms with Gasteiger partial charge in [-0.3, -0.25) is 4.79 Å². The minimum absolute atomic E-state index is 0.0741. The lowest BCUT2D eigenvalue weighted by atomic mass is 10.1. The number of amidine groups is 1. The first-order valence-corrected chi connectivity index (χ1v) is 9.40. The lowest BCUT2D eigenvalue weighted by Gasteiger charge is -2.07. The van der Waals surface area contributed by atoms with Crippen LogP contribution in [0.3, 0.4) is 0 Å². The number of carbonyl (C=O) groups is 1. The van der Waals surface area contributed by atoms with Crippen LogP contribution in [0.25, 0.3) is 0 Å². The molecule has 0 aromatic heterocycles. The Hall–Kier alpha value is -2.51. The first-order chi connectivity index (χ1) is 13.1. The molecular weight excluding hydrogens is 386 g/mol. The van der Waals surface area contributed by atoms with Crippen molar-refractivity contribution >= 4 is 40.7 Å². The summed E-state index contributed by atoms with van der Waals surface area (Å²) < 4.78 is 10.5. The standard InChI is InChI=1S/C19H18ClN3O3S/c1-25-15-8-5-13(9-16(15)26-2)11-21-23-19-22-18(24)17(27-19)10-12-3-6-14(20)7-4-12/h3-9,11,17H,10H2,1-2H3,(H,22,23,24)/b21-11+. The van der Waals surface area contributed by atoms with Crippen LogP contribution in [0.1, 0.15) is 11.1 Å². The zero-order valence-electron chi connectivity index (χ0n) is 14.8. The van der Waals surface area contributed by atoms with Crippen molar-refractivity contribution in [2.75, 3.05) is 14.2 Å². The fourth-order valence-corrected chi connectivity index (χ4v) is 3.59. The zero-order chi connectivity index (χ0) is 19.2. The SMILES string of the molecule is COc1ccc(/C=N/N=C2\NC(=O)C(Cc3ccc(Cl)cc3)S2)cc1OC. The summed E-state index contributed by atoms with van der Waals surface area (Å²) >= 11 is 7.25. The number of rotatable bonds is 6. The van der Waals surface area contributed by atoms with Crippen molar-refractivity contribution in [1.82, 2.24) is 5.32 Å². The molecule has 1 amide bonds. The summed E-state index contributed by atoms with van der Waals surface area (Å²) in [6, 6.07) is 12.9. The van der Waals surface area contributed by atoms with Crippen molar-refractivity contribution in [3.63, 3.8) is 0 Å². The van der Waals surface area contributed by atoms with Crippen molar-refractivity contribution in [2.45, 2.75) is 11.7 Å². The Morgan fingerprint density at radius 2 is 1.89 bits per heavy atom. The lowest BCUT2D eigenvalue weighted by molar-refractivity contribution is -0.118. The molecule has 27 heavy (non-hydrogen) atoms. The van der Waals surface area contributed by atoms with Crippen molar-refractivity contribution in [3.05, 3.63) is 58.6 Å². The van der Waals surface area contributed by atoms with Gasteiger partial charge in [0.05, 0.1) is 25.7 Å². The molecule has 3 rings (SSSR count). The molecule has 140 valence electrons. The Morgan fingerprint density at radius 1 is 1.15 bits per heavy atom. The highest BCUT2D eigenvalue weighted by molar-refractivity contribution is 8.15. The van der Waals surface area contributed by atoms with Gasteiger partial charge in [0, 0.05) is 5.02 Å². The normalized spacial score (nSPS) is 18.1. The molecule has 0 aliphatic carbocycles. The Labute approximate surface area is 166 Å². The second-order valence-corrected chi connectivity index (χ2v) is 7.32. The molecule has 8 heteroatoms. The van der Waals surface area contributed by atoms with Crippen molar-refractivity contribution in [3.8, 4) is 11.5 Å². The smallest absolute Gasteiger partial charge is 0.239 e. The summed E-state index contributed by atoms with van der Waals surface area (Å²) in [5.41, 5.74) is 1.85. The molecule has 0 bridgehead atoms. The topological polar surface area (TPSA) is 72.3 Å². The van der Waals surface area contributed by atoms with E-state index >= 15 is 0 Å². The van der Waals surface area contributed by atoms with E-state index in [1.54, 1.807) is 32.6 Å². The fraction of sp³-hybridized carbons (Fsp3) is 0.211. The minimum Gasteiger partial charge on any atom is -0.493 e. The van der Waals surface area contributed by atoms with Crippen LogP contribution in [0.4, 0.5) is 0 Å². The van der Waals surface area contributed by atoms with Crippen molar-refractivity contribution < 1.29 is 14.3 Å². The summed E-state index contributed by atoms with van der Waals surface area (Å²) in [6.45, 7) is 0. The van der Waals surface area contributed by atoms with Gasteiger partial charge in [0.1, 0.15) is 0 Å². The molecule has 0 radical (unpaired) electrons. The molecule has 1 heterocycles. The summed E-state index contributed by atoms with van der Waals surface area (Å²) in [7, 11) is 3.16. The monoisotopic (exact) mass is 403 g/mol. The Kier molecular flexibility index (Phi) is 6.36. The first-order valence-electron chi connectivity index (χ1n) is 8.14. The van der Waals surface area contributed by atoms with Gasteiger partial charge in [-0.2, -0.15) is 5.10 Å². The molecule has 1 saturated heterocycles. The van der Waals surface area contributed by atoms with E-state index in [1.807, 2.05) is 30.3 Å². The predicted octanol–water partition coefficient (Wildman–Crippen LogP) is 3.52. The molecule has 6 nitrogen and oxygen atoms in total. The quantitative estimate of drug-likeness (QED) is 0.591. The third-order valence-electron chi connectivity index (χ3n) is 3.87. The Balaban J connectivity index is 1.63. The maximum Gasteiger partial charge on any atom is 0.239 e. The van der Waals surface area contributed by atoms with Gasteiger partial charge in [-0.15, -0.1) is 5.10 Å². The van der Waals surface area contributed by atoms with E-state index in [0.29, 0.717) is 28.1 Å². The van der Waals surface area contributed by atoms with E-state index in [2.05, 4.69) is 15.5 Å². The number of amides is 1. The van der Waals surface area contributed by atoms with E-state index in [9.17, 15) is 4.79 Å². The number of ether oxygens (including phenoxy) is 2. The summed E-state index contributed by atoms with van der Waals surface area (Å²) in [5, 5.41) is 11.8. The summed E-state index contributed by atoms with van der Waals surface area (Å²) in [6.07, 6.45) is 2.19. The number of carbonyl (C=O) groups excluding carboxylic acids is 1. The number of methoxy groups -OCH3 is 2. The largest absolute Gasteiger partial charge is 0.493 e. The molecule has 2 aromatic carbocycles. The molecule has 1 aliphatic rings. The summed E-state index contributed by atoms with van der Waals surface area (Å²) in [5.74, 6) is 1.18. The molecule has 1 fully saturated rings. The second kappa shape index (κ2) is 8.92. The van der Waals surface area contributed by atoms with E-state index in [-0.39, 0.29) is 11.2 Å². The number of nitrogens with zero attached hydrogens (tertiary/aromatic N) is 2. The van der Waals surface area contributed by atoms with Gasteiger partial charge in [0.15, 0.2) is 16.7 Å². The fourth-order valence-electron chi connectivity index (χ4n) is 2.50. The highest BCUT2D eigenvalue weighted by Crippen LogP contribution is 2.27. The van der Waals surface area contributed by atoms with Crippen molar-refractivity contribution in [2.24, 2.45) is 10.2 Å². The van der Waals surface area contributed by atoms with Gasteiger partial charge >= 0.3 is 0 Å². The third kappa shape index (κ3) is 5.02. The lowest BCUT2D eigenvalue weighted by Crippen LogP contribution is -2.25. The molecule has 1 unspecified atom stereocenters. The number of thioether (sulfide) groups is 1. The molecular formula is C19H18ClN3O3S. The van der Waals surface area contributed by atoms with Gasteiger partial charge in [0.25, 0.3) is 0 Å². The Morgan fingerprint density at radius 3 is 2.59 bits per heavy atom. The average molecular weight is 404 g/mol. The number of benzene rings is 2. The highest BCUT2D eigenvalue weighted by Gasteiger charge is 2.30. The second-order valence-electron chi connectivity index (χ2n) is 5.69. The molecule has 1 N–H and O–H groups in total. The van der Waals surface area contributed by atoms with Crippen LogP contribution >= 0.6 is 23.4 Å². The van der Waals surface area contributed by atoms with Gasteiger partial charge in [-0.05, 0) is 47.9 Å². The van der Waals surface area contributed by atoms with Crippen LogP contribution in [0.15, 0.2) is 52.7 Å². The maximum absolute atomic E-state index is 12.1. The molecule has 1 atom stereocenters. The highest BCUT2D eigenvalue weighted by atomic mass is 35.5. The van der Waals surface area contributed by atoms with Crippen LogP contribution in [-0.2, 0) is 11.2 Å². The number of nitrogens with one attached hydrogen (secondary N) is 1. The van der Waals surface area contributed by atoms with Crippen LogP contribution in [0.2, 0.25) is 5.02 Å². The van der Waals surface area contributed by atoms with Gasteiger partial charge < -0.3 is 14.8 Å². The zero-order valence-corrected chi connectivity index (χ0v) is 16.4. The number of halogens is 1.